The van der Waals surface area contributed by atoms with Crippen LogP contribution < -0.4 is 19.7 Å². The molecule has 2 heterocycles. The highest BCUT2D eigenvalue weighted by Gasteiger charge is 2.22. The Bertz CT molecular complexity index is 799. The molecule has 0 saturated carbocycles. The number of aromatic nitrogens is 2. The van der Waals surface area contributed by atoms with E-state index in [9.17, 15) is 0 Å². The third-order valence-electron chi connectivity index (χ3n) is 4.37. The summed E-state index contributed by atoms with van der Waals surface area (Å²) >= 11 is 0. The van der Waals surface area contributed by atoms with E-state index in [0.29, 0.717) is 5.95 Å². The molecule has 6 heteroatoms. The molecule has 0 spiro atoms. The molecule has 0 saturated heterocycles. The number of hydrogen-bond donors (Lipinski definition) is 1. The molecule has 0 amide bonds. The molecule has 2 aromatic rings. The highest BCUT2D eigenvalue weighted by molar-refractivity contribution is 5.53. The molecule has 0 atom stereocenters. The van der Waals surface area contributed by atoms with Crippen LogP contribution in [0.25, 0.3) is 0 Å². The van der Waals surface area contributed by atoms with Crippen molar-refractivity contribution in [2.45, 2.75) is 46.2 Å². The first-order valence-corrected chi connectivity index (χ1v) is 8.91. The Morgan fingerprint density at radius 1 is 1.00 bits per heavy atom. The van der Waals surface area contributed by atoms with E-state index in [-0.39, 0.29) is 5.54 Å². The summed E-state index contributed by atoms with van der Waals surface area (Å²) in [7, 11) is 3.34. The molecule has 0 radical (unpaired) electrons. The summed E-state index contributed by atoms with van der Waals surface area (Å²) in [4.78, 5) is 11.6. The second kappa shape index (κ2) is 7.02. The van der Waals surface area contributed by atoms with Crippen LogP contribution in [0, 0.1) is 6.92 Å². The Morgan fingerprint density at radius 3 is 2.27 bits per heavy atom. The van der Waals surface area contributed by atoms with Crippen LogP contribution >= 0.6 is 0 Å². The van der Waals surface area contributed by atoms with E-state index in [2.05, 4.69) is 48.1 Å². The van der Waals surface area contributed by atoms with Gasteiger partial charge in [-0.2, -0.15) is 4.98 Å². The summed E-state index contributed by atoms with van der Waals surface area (Å²) in [6.45, 7) is 10.0. The van der Waals surface area contributed by atoms with E-state index in [1.165, 1.54) is 11.1 Å². The van der Waals surface area contributed by atoms with Crippen LogP contribution in [0.1, 0.15) is 37.6 Å². The average Bonchev–Trinajstić information content (AvgIpc) is 2.57. The Morgan fingerprint density at radius 2 is 1.65 bits per heavy atom. The van der Waals surface area contributed by atoms with Gasteiger partial charge in [-0.1, -0.05) is 0 Å². The molecule has 26 heavy (non-hydrogen) atoms. The minimum Gasteiger partial charge on any atom is -0.493 e. The quantitative estimate of drug-likeness (QED) is 0.904. The van der Waals surface area contributed by atoms with Gasteiger partial charge in [-0.25, -0.2) is 4.98 Å². The van der Waals surface area contributed by atoms with Crippen LogP contribution in [0.3, 0.4) is 0 Å². The Balaban J connectivity index is 1.89. The molecule has 0 aliphatic carbocycles. The van der Waals surface area contributed by atoms with Gasteiger partial charge in [-0.05, 0) is 57.4 Å². The van der Waals surface area contributed by atoms with Gasteiger partial charge in [0.15, 0.2) is 11.5 Å². The van der Waals surface area contributed by atoms with Gasteiger partial charge < -0.3 is 19.7 Å². The largest absolute Gasteiger partial charge is 0.493 e. The zero-order valence-electron chi connectivity index (χ0n) is 16.5. The predicted molar refractivity (Wildman–Crippen MR) is 104 cm³/mol. The van der Waals surface area contributed by atoms with E-state index in [0.717, 1.165) is 42.5 Å². The fourth-order valence-corrected chi connectivity index (χ4v) is 3.18. The second-order valence-corrected chi connectivity index (χ2v) is 7.71. The van der Waals surface area contributed by atoms with Crippen LogP contribution in [0.4, 0.5) is 11.8 Å². The zero-order chi connectivity index (χ0) is 18.9. The van der Waals surface area contributed by atoms with Gasteiger partial charge >= 0.3 is 0 Å². The highest BCUT2D eigenvalue weighted by Crippen LogP contribution is 2.34. The number of fused-ring (bicyclic) bond motifs is 1. The summed E-state index contributed by atoms with van der Waals surface area (Å²) in [6.07, 6.45) is 0.945. The first kappa shape index (κ1) is 18.3. The Kier molecular flexibility index (Phi) is 4.94. The number of aryl methyl sites for hydroxylation is 1. The van der Waals surface area contributed by atoms with Crippen molar-refractivity contribution in [3.8, 4) is 11.5 Å². The molecule has 1 aromatic heterocycles. The fourth-order valence-electron chi connectivity index (χ4n) is 3.18. The van der Waals surface area contributed by atoms with E-state index >= 15 is 0 Å². The molecule has 0 unspecified atom stereocenters. The van der Waals surface area contributed by atoms with Crippen molar-refractivity contribution in [2.75, 3.05) is 31.0 Å². The van der Waals surface area contributed by atoms with Crippen molar-refractivity contribution in [3.63, 3.8) is 0 Å². The van der Waals surface area contributed by atoms with Crippen molar-refractivity contribution < 1.29 is 9.47 Å². The van der Waals surface area contributed by atoms with Crippen molar-refractivity contribution in [3.05, 3.63) is 35.0 Å². The molecule has 1 aromatic carbocycles. The van der Waals surface area contributed by atoms with E-state index in [1.807, 2.05) is 13.0 Å². The number of hydrogen-bond acceptors (Lipinski definition) is 6. The van der Waals surface area contributed by atoms with Crippen molar-refractivity contribution >= 4 is 11.8 Å². The molecule has 0 fully saturated rings. The maximum absolute atomic E-state index is 5.46. The van der Waals surface area contributed by atoms with Gasteiger partial charge in [-0.3, -0.25) is 0 Å². The molecular formula is C20H28N4O2. The number of methoxy groups -OCH3 is 2. The molecule has 1 aliphatic heterocycles. The summed E-state index contributed by atoms with van der Waals surface area (Å²) in [5.41, 5.74) is 3.43. The van der Waals surface area contributed by atoms with E-state index < -0.39 is 0 Å². The van der Waals surface area contributed by atoms with Gasteiger partial charge in [0.2, 0.25) is 5.95 Å². The SMILES string of the molecule is COc1cc2c(cc1OC)CN(c1cc(C)nc(NC(C)(C)C)n1)CC2. The van der Waals surface area contributed by atoms with Crippen LogP contribution in [0.15, 0.2) is 18.2 Å². The van der Waals surface area contributed by atoms with Crippen molar-refractivity contribution in [1.29, 1.82) is 0 Å². The molecule has 0 bridgehead atoms. The number of nitrogens with zero attached hydrogens (tertiary/aromatic N) is 3. The molecule has 6 nitrogen and oxygen atoms in total. The Hall–Kier alpha value is -2.50. The van der Waals surface area contributed by atoms with E-state index in [4.69, 9.17) is 14.5 Å². The fraction of sp³-hybridized carbons (Fsp3) is 0.500. The van der Waals surface area contributed by atoms with Crippen LogP contribution in [-0.2, 0) is 13.0 Å². The average molecular weight is 356 g/mol. The Labute approximate surface area is 155 Å². The summed E-state index contributed by atoms with van der Waals surface area (Å²) < 4.78 is 10.9. The third kappa shape index (κ3) is 4.00. The number of rotatable bonds is 4. The molecule has 140 valence electrons. The zero-order valence-corrected chi connectivity index (χ0v) is 16.5. The lowest BCUT2D eigenvalue weighted by Crippen LogP contribution is -2.32. The molecule has 1 aliphatic rings. The van der Waals surface area contributed by atoms with Gasteiger partial charge in [-0.15, -0.1) is 0 Å². The number of nitrogens with one attached hydrogen (secondary N) is 1. The molecule has 3 rings (SSSR count). The number of ether oxygens (including phenoxy) is 2. The van der Waals surface area contributed by atoms with Gasteiger partial charge in [0.25, 0.3) is 0 Å². The van der Waals surface area contributed by atoms with Gasteiger partial charge in [0.05, 0.1) is 14.2 Å². The van der Waals surface area contributed by atoms with Crippen LogP contribution in [0.5, 0.6) is 11.5 Å². The monoisotopic (exact) mass is 356 g/mol. The first-order chi connectivity index (χ1) is 12.3. The van der Waals surface area contributed by atoms with E-state index in [1.54, 1.807) is 14.2 Å². The maximum atomic E-state index is 5.46. The summed E-state index contributed by atoms with van der Waals surface area (Å²) in [5.74, 6) is 3.17. The van der Waals surface area contributed by atoms with Crippen molar-refractivity contribution in [2.24, 2.45) is 0 Å². The van der Waals surface area contributed by atoms with Crippen LogP contribution in [0.2, 0.25) is 0 Å². The molecular weight excluding hydrogens is 328 g/mol. The van der Waals surface area contributed by atoms with Crippen molar-refractivity contribution in [1.82, 2.24) is 9.97 Å². The first-order valence-electron chi connectivity index (χ1n) is 8.91. The lowest BCUT2D eigenvalue weighted by Gasteiger charge is -2.31. The van der Waals surface area contributed by atoms with Crippen LogP contribution in [-0.4, -0.2) is 36.3 Å². The minimum atomic E-state index is -0.0799. The summed E-state index contributed by atoms with van der Waals surface area (Å²) in [5, 5.41) is 3.37. The second-order valence-electron chi connectivity index (χ2n) is 7.71. The summed E-state index contributed by atoms with van der Waals surface area (Å²) in [6, 6.07) is 6.20. The molecule has 1 N–H and O–H groups in total. The normalized spacial score (nSPS) is 14.0. The maximum Gasteiger partial charge on any atom is 0.225 e. The van der Waals surface area contributed by atoms with Gasteiger partial charge in [0, 0.05) is 30.4 Å². The standard InChI is InChI=1S/C20H28N4O2/c1-13-9-18(22-19(21-13)23-20(2,3)4)24-8-7-14-10-16(25-5)17(26-6)11-15(14)12-24/h9-11H,7-8,12H2,1-6H3,(H,21,22,23). The lowest BCUT2D eigenvalue weighted by molar-refractivity contribution is 0.353. The topological polar surface area (TPSA) is 59.5 Å². The highest BCUT2D eigenvalue weighted by atomic mass is 16.5. The van der Waals surface area contributed by atoms with Gasteiger partial charge in [0.1, 0.15) is 5.82 Å². The third-order valence-corrected chi connectivity index (χ3v) is 4.37. The predicted octanol–water partition coefficient (Wildman–Crippen LogP) is 3.58. The smallest absolute Gasteiger partial charge is 0.225 e. The lowest BCUT2D eigenvalue weighted by atomic mass is 9.99. The number of anilines is 2. The number of benzene rings is 1. The minimum absolute atomic E-state index is 0.0799.